The molecule has 10 nitrogen and oxygen atoms in total. The zero-order valence-electron chi connectivity index (χ0n) is 23.1. The van der Waals surface area contributed by atoms with Gasteiger partial charge in [0.05, 0.1) is 39.2 Å². The highest BCUT2D eigenvalue weighted by atomic mass is 16.5. The number of nitrogens with one attached hydrogen (secondary N) is 1. The average Bonchev–Trinajstić information content (AvgIpc) is 3.44. The highest BCUT2D eigenvalue weighted by Gasteiger charge is 2.35. The molecule has 0 aromatic heterocycles. The van der Waals surface area contributed by atoms with E-state index in [1.807, 2.05) is 55.5 Å². The zero-order chi connectivity index (χ0) is 27.6. The van der Waals surface area contributed by atoms with Gasteiger partial charge in [-0.1, -0.05) is 37.3 Å². The first-order chi connectivity index (χ1) is 19.0. The van der Waals surface area contributed by atoms with Crippen molar-refractivity contribution in [3.8, 4) is 11.5 Å². The third-order valence-electron chi connectivity index (χ3n) is 7.00. The molecule has 0 radical (unpaired) electrons. The van der Waals surface area contributed by atoms with E-state index in [1.165, 1.54) is 5.01 Å². The van der Waals surface area contributed by atoms with Crippen molar-refractivity contribution in [2.24, 2.45) is 5.10 Å². The molecule has 2 aromatic carbocycles. The number of carbonyl (C=O) groups is 2. The van der Waals surface area contributed by atoms with E-state index in [1.54, 1.807) is 19.1 Å². The number of ether oxygens (including phenoxy) is 3. The molecule has 39 heavy (non-hydrogen) atoms. The third kappa shape index (κ3) is 7.27. The minimum atomic E-state index is -0.291. The first-order valence-electron chi connectivity index (χ1n) is 13.5. The van der Waals surface area contributed by atoms with Crippen molar-refractivity contribution in [2.75, 3.05) is 66.7 Å². The number of methoxy groups -OCH3 is 2. The van der Waals surface area contributed by atoms with Crippen LogP contribution in [0.5, 0.6) is 11.5 Å². The predicted octanol–water partition coefficient (Wildman–Crippen LogP) is 3.14. The Balaban J connectivity index is 1.58. The normalized spacial score (nSPS) is 17.5. The highest BCUT2D eigenvalue weighted by Crippen LogP contribution is 2.36. The smallest absolute Gasteiger partial charge is 0.317 e. The van der Waals surface area contributed by atoms with Crippen LogP contribution in [0.2, 0.25) is 0 Å². The number of hydrogen-bond acceptors (Lipinski definition) is 7. The van der Waals surface area contributed by atoms with Gasteiger partial charge in [-0.05, 0) is 24.1 Å². The third-order valence-corrected chi connectivity index (χ3v) is 7.00. The van der Waals surface area contributed by atoms with Crippen LogP contribution in [0.25, 0.3) is 0 Å². The summed E-state index contributed by atoms with van der Waals surface area (Å²) in [6.07, 6.45) is 1.34. The predicted molar refractivity (Wildman–Crippen MR) is 149 cm³/mol. The Hall–Kier alpha value is -3.63. The maximum absolute atomic E-state index is 13.8. The molecule has 2 heterocycles. The summed E-state index contributed by atoms with van der Waals surface area (Å²) < 4.78 is 16.4. The molecule has 0 unspecified atom stereocenters. The fraction of sp³-hybridized carbons (Fsp3) is 0.483. The Labute approximate surface area is 230 Å². The van der Waals surface area contributed by atoms with E-state index in [0.29, 0.717) is 50.8 Å². The molecule has 10 heteroatoms. The van der Waals surface area contributed by atoms with Crippen molar-refractivity contribution in [3.63, 3.8) is 0 Å². The number of hydrazone groups is 1. The molecule has 1 fully saturated rings. The van der Waals surface area contributed by atoms with Gasteiger partial charge >= 0.3 is 6.03 Å². The van der Waals surface area contributed by atoms with E-state index in [-0.39, 0.29) is 24.5 Å². The van der Waals surface area contributed by atoms with Crippen molar-refractivity contribution >= 4 is 17.6 Å². The summed E-state index contributed by atoms with van der Waals surface area (Å²) in [5, 5.41) is 9.26. The summed E-state index contributed by atoms with van der Waals surface area (Å²) in [5.41, 5.74) is 2.53. The van der Waals surface area contributed by atoms with Gasteiger partial charge in [-0.25, -0.2) is 9.80 Å². The second-order valence-corrected chi connectivity index (χ2v) is 9.59. The van der Waals surface area contributed by atoms with Crippen molar-refractivity contribution in [3.05, 3.63) is 59.7 Å². The highest BCUT2D eigenvalue weighted by molar-refractivity contribution is 6.05. The lowest BCUT2D eigenvalue weighted by Gasteiger charge is -2.31. The number of amides is 3. The monoisotopic (exact) mass is 537 g/mol. The van der Waals surface area contributed by atoms with Crippen LogP contribution in [0.4, 0.5) is 4.79 Å². The van der Waals surface area contributed by atoms with E-state index in [0.717, 1.165) is 36.3 Å². The number of benzene rings is 2. The zero-order valence-corrected chi connectivity index (χ0v) is 23.1. The van der Waals surface area contributed by atoms with Gasteiger partial charge < -0.3 is 24.4 Å². The van der Waals surface area contributed by atoms with E-state index in [4.69, 9.17) is 19.3 Å². The van der Waals surface area contributed by atoms with Gasteiger partial charge in [0.25, 0.3) is 5.91 Å². The molecule has 0 bridgehead atoms. The van der Waals surface area contributed by atoms with Crippen LogP contribution < -0.4 is 14.8 Å². The summed E-state index contributed by atoms with van der Waals surface area (Å²) in [4.78, 5) is 30.7. The van der Waals surface area contributed by atoms with Crippen LogP contribution in [0.15, 0.2) is 53.6 Å². The SMILES string of the molecule is CCCNC(=O)N(CCN1CCOCC1)CC(=O)N1N=C(c2ccc(OC)cc2OC)C[C@H]1c1ccccc1. The summed E-state index contributed by atoms with van der Waals surface area (Å²) in [5.74, 6) is 1.07. The number of rotatable bonds is 11. The molecule has 1 N–H and O–H groups in total. The van der Waals surface area contributed by atoms with Gasteiger partial charge in [-0.2, -0.15) is 5.10 Å². The van der Waals surface area contributed by atoms with E-state index >= 15 is 0 Å². The van der Waals surface area contributed by atoms with Crippen molar-refractivity contribution in [1.29, 1.82) is 0 Å². The minimum Gasteiger partial charge on any atom is -0.497 e. The molecule has 0 saturated carbocycles. The largest absolute Gasteiger partial charge is 0.497 e. The Morgan fingerprint density at radius 3 is 2.56 bits per heavy atom. The molecule has 2 aromatic rings. The van der Waals surface area contributed by atoms with Crippen molar-refractivity contribution < 1.29 is 23.8 Å². The molecule has 1 atom stereocenters. The first kappa shape index (κ1) is 28.4. The lowest BCUT2D eigenvalue weighted by Crippen LogP contribution is -2.49. The number of morpholine rings is 1. The first-order valence-corrected chi connectivity index (χ1v) is 13.5. The quantitative estimate of drug-likeness (QED) is 0.473. The summed E-state index contributed by atoms with van der Waals surface area (Å²) >= 11 is 0. The van der Waals surface area contributed by atoms with Gasteiger partial charge in [-0.3, -0.25) is 9.69 Å². The topological polar surface area (TPSA) is 95.9 Å². The van der Waals surface area contributed by atoms with Crippen LogP contribution in [0, 0.1) is 0 Å². The summed E-state index contributed by atoms with van der Waals surface area (Å²) in [7, 11) is 3.21. The van der Waals surface area contributed by atoms with Gasteiger partial charge in [0, 0.05) is 50.8 Å². The summed E-state index contributed by atoms with van der Waals surface area (Å²) in [6, 6.07) is 14.9. The molecule has 0 spiro atoms. The molecule has 4 rings (SSSR count). The molecule has 1 saturated heterocycles. The van der Waals surface area contributed by atoms with E-state index in [2.05, 4.69) is 10.2 Å². The van der Waals surface area contributed by atoms with Crippen molar-refractivity contribution in [1.82, 2.24) is 20.1 Å². The Morgan fingerprint density at radius 2 is 1.87 bits per heavy atom. The van der Waals surface area contributed by atoms with Crippen molar-refractivity contribution in [2.45, 2.75) is 25.8 Å². The number of nitrogens with zero attached hydrogens (tertiary/aromatic N) is 4. The molecule has 210 valence electrons. The standard InChI is InChI=1S/C29H39N5O5/c1-4-12-30-29(36)33(14-13-32-15-17-39-18-16-32)21-28(35)34-26(22-8-6-5-7-9-22)20-25(31-34)24-11-10-23(37-2)19-27(24)38-3/h5-11,19,26H,4,12-18,20-21H2,1-3H3,(H,30,36)/t26-/m0/s1. The maximum Gasteiger partial charge on any atom is 0.317 e. The van der Waals surface area contributed by atoms with Gasteiger partial charge in [0.15, 0.2) is 0 Å². The number of urea groups is 1. The average molecular weight is 538 g/mol. The molecular weight excluding hydrogens is 498 g/mol. The van der Waals surface area contributed by atoms with Crippen LogP contribution >= 0.6 is 0 Å². The number of hydrogen-bond donors (Lipinski definition) is 1. The van der Waals surface area contributed by atoms with Gasteiger partial charge in [0.2, 0.25) is 0 Å². The summed E-state index contributed by atoms with van der Waals surface area (Å²) in [6.45, 7) is 6.60. The van der Waals surface area contributed by atoms with E-state index < -0.39 is 0 Å². The fourth-order valence-corrected chi connectivity index (χ4v) is 4.79. The second kappa shape index (κ2) is 14.0. The molecule has 0 aliphatic carbocycles. The van der Waals surface area contributed by atoms with Crippen LogP contribution in [-0.4, -0.2) is 99.2 Å². The lowest BCUT2D eigenvalue weighted by atomic mass is 9.98. The molecular formula is C29H39N5O5. The van der Waals surface area contributed by atoms with Crippen LogP contribution in [-0.2, 0) is 9.53 Å². The number of carbonyl (C=O) groups excluding carboxylic acids is 2. The molecule has 2 aliphatic rings. The van der Waals surface area contributed by atoms with Crippen LogP contribution in [0.3, 0.4) is 0 Å². The van der Waals surface area contributed by atoms with Gasteiger partial charge in [-0.15, -0.1) is 0 Å². The fourth-order valence-electron chi connectivity index (χ4n) is 4.79. The minimum absolute atomic E-state index is 0.0697. The molecule has 3 amide bonds. The van der Waals surface area contributed by atoms with Crippen LogP contribution in [0.1, 0.15) is 36.9 Å². The van der Waals surface area contributed by atoms with Gasteiger partial charge in [0.1, 0.15) is 18.0 Å². The van der Waals surface area contributed by atoms with E-state index in [9.17, 15) is 9.59 Å². The Bertz CT molecular complexity index is 1140. The Kier molecular flexibility index (Phi) is 10.2. The lowest BCUT2D eigenvalue weighted by molar-refractivity contribution is -0.133. The Morgan fingerprint density at radius 1 is 1.10 bits per heavy atom. The second-order valence-electron chi connectivity index (χ2n) is 9.59. The molecule has 2 aliphatic heterocycles. The maximum atomic E-state index is 13.8.